The van der Waals surface area contributed by atoms with Gasteiger partial charge in [0.25, 0.3) is 5.91 Å². The van der Waals surface area contributed by atoms with Crippen molar-refractivity contribution in [1.29, 1.82) is 0 Å². The van der Waals surface area contributed by atoms with Crippen LogP contribution < -0.4 is 14.8 Å². The van der Waals surface area contributed by atoms with Crippen molar-refractivity contribution in [3.63, 3.8) is 0 Å². The first-order chi connectivity index (χ1) is 12.3. The van der Waals surface area contributed by atoms with E-state index in [1.165, 1.54) is 5.56 Å². The molecule has 0 spiro atoms. The highest BCUT2D eigenvalue weighted by molar-refractivity contribution is 5.80. The molecule has 1 amide bonds. The molecule has 4 nitrogen and oxygen atoms in total. The van der Waals surface area contributed by atoms with E-state index < -0.39 is 6.10 Å². The molecule has 1 N–H and O–H groups in total. The number of carbonyl (C=O) groups is 1. The van der Waals surface area contributed by atoms with Crippen LogP contribution in [0.5, 0.6) is 11.5 Å². The van der Waals surface area contributed by atoms with Crippen LogP contribution in [0.1, 0.15) is 38.8 Å². The third-order valence-electron chi connectivity index (χ3n) is 4.27. The zero-order valence-electron chi connectivity index (χ0n) is 16.3. The Hall–Kier alpha value is -2.49. The molecule has 0 fully saturated rings. The average Bonchev–Trinajstić information content (AvgIpc) is 2.62. The molecule has 0 aliphatic rings. The maximum absolute atomic E-state index is 12.2. The maximum Gasteiger partial charge on any atom is 0.260 e. The molecule has 1 atom stereocenters. The Morgan fingerprint density at radius 3 is 2.12 bits per heavy atom. The van der Waals surface area contributed by atoms with E-state index in [0.29, 0.717) is 12.3 Å². The lowest BCUT2D eigenvalue weighted by atomic mass is 9.87. The molecule has 0 aliphatic heterocycles. The first-order valence-corrected chi connectivity index (χ1v) is 8.97. The molecule has 0 saturated heterocycles. The Kier molecular flexibility index (Phi) is 6.67. The second-order valence-electron chi connectivity index (χ2n) is 7.42. The number of methoxy groups -OCH3 is 1. The molecular weight excluding hydrogens is 326 g/mol. The summed E-state index contributed by atoms with van der Waals surface area (Å²) >= 11 is 0. The second kappa shape index (κ2) is 8.75. The second-order valence-corrected chi connectivity index (χ2v) is 7.42. The van der Waals surface area contributed by atoms with Gasteiger partial charge in [0, 0.05) is 6.54 Å². The summed E-state index contributed by atoms with van der Waals surface area (Å²) in [5.41, 5.74) is 2.49. The lowest BCUT2D eigenvalue weighted by Gasteiger charge is -2.20. The first-order valence-electron chi connectivity index (χ1n) is 8.97. The predicted octanol–water partition coefficient (Wildman–Crippen LogP) is 4.12. The highest BCUT2D eigenvalue weighted by Gasteiger charge is 2.16. The highest BCUT2D eigenvalue weighted by Crippen LogP contribution is 2.24. The number of ether oxygens (including phenoxy) is 2. The minimum absolute atomic E-state index is 0.100. The zero-order valence-corrected chi connectivity index (χ0v) is 16.3. The molecule has 0 bridgehead atoms. The van der Waals surface area contributed by atoms with Crippen molar-refractivity contribution in [2.75, 3.05) is 13.7 Å². The molecule has 0 aliphatic carbocycles. The monoisotopic (exact) mass is 355 g/mol. The number of hydrogen-bond donors (Lipinski definition) is 1. The van der Waals surface area contributed by atoms with Gasteiger partial charge in [-0.25, -0.2) is 0 Å². The summed E-state index contributed by atoms with van der Waals surface area (Å²) in [4.78, 5) is 12.2. The van der Waals surface area contributed by atoms with Crippen LogP contribution in [0, 0.1) is 0 Å². The summed E-state index contributed by atoms with van der Waals surface area (Å²) < 4.78 is 10.9. The van der Waals surface area contributed by atoms with Crippen molar-refractivity contribution < 1.29 is 14.3 Å². The first kappa shape index (κ1) is 19.8. The molecule has 0 saturated carbocycles. The van der Waals surface area contributed by atoms with Gasteiger partial charge in [0.15, 0.2) is 6.10 Å². The summed E-state index contributed by atoms with van der Waals surface area (Å²) in [5.74, 6) is 1.42. The number of rotatable bonds is 7. The Labute approximate surface area is 156 Å². The van der Waals surface area contributed by atoms with Crippen LogP contribution in [-0.4, -0.2) is 25.7 Å². The highest BCUT2D eigenvalue weighted by atomic mass is 16.5. The van der Waals surface area contributed by atoms with Gasteiger partial charge in [-0.15, -0.1) is 0 Å². The standard InChI is InChI=1S/C22H29NO3/c1-16(26-20-12-8-18(9-13-20)22(2,3)4)21(24)23-15-14-17-6-10-19(25-5)11-7-17/h6-13,16H,14-15H2,1-5H3,(H,23,24)/t16-/m0/s1. The fraction of sp³-hybridized carbons (Fsp3) is 0.409. The van der Waals surface area contributed by atoms with E-state index in [0.717, 1.165) is 17.7 Å². The molecule has 2 rings (SSSR count). The van der Waals surface area contributed by atoms with E-state index in [-0.39, 0.29) is 11.3 Å². The Balaban J connectivity index is 1.79. The SMILES string of the molecule is COc1ccc(CCNC(=O)[C@H](C)Oc2ccc(C(C)(C)C)cc2)cc1. The van der Waals surface area contributed by atoms with Crippen LogP contribution in [0.2, 0.25) is 0 Å². The van der Waals surface area contributed by atoms with Gasteiger partial charge in [-0.05, 0) is 54.2 Å². The summed E-state index contributed by atoms with van der Waals surface area (Å²) in [5, 5.41) is 2.92. The minimum Gasteiger partial charge on any atom is -0.497 e. The van der Waals surface area contributed by atoms with E-state index in [4.69, 9.17) is 9.47 Å². The van der Waals surface area contributed by atoms with Gasteiger partial charge in [0.1, 0.15) is 11.5 Å². The number of amides is 1. The minimum atomic E-state index is -0.536. The van der Waals surface area contributed by atoms with Crippen LogP contribution in [0.4, 0.5) is 0 Å². The summed E-state index contributed by atoms with van der Waals surface area (Å²) in [6.07, 6.45) is 0.231. The summed E-state index contributed by atoms with van der Waals surface area (Å²) in [6, 6.07) is 15.8. The number of benzene rings is 2. The number of hydrogen-bond acceptors (Lipinski definition) is 3. The van der Waals surface area contributed by atoms with Gasteiger partial charge in [0.2, 0.25) is 0 Å². The number of carbonyl (C=O) groups excluding carboxylic acids is 1. The molecule has 0 unspecified atom stereocenters. The Morgan fingerprint density at radius 2 is 1.58 bits per heavy atom. The largest absolute Gasteiger partial charge is 0.497 e. The van der Waals surface area contributed by atoms with Gasteiger partial charge in [-0.1, -0.05) is 45.0 Å². The predicted molar refractivity (Wildman–Crippen MR) is 105 cm³/mol. The molecular formula is C22H29NO3. The summed E-state index contributed by atoms with van der Waals surface area (Å²) in [6.45, 7) is 8.84. The summed E-state index contributed by atoms with van der Waals surface area (Å²) in [7, 11) is 1.65. The maximum atomic E-state index is 12.2. The van der Waals surface area contributed by atoms with Gasteiger partial charge >= 0.3 is 0 Å². The van der Waals surface area contributed by atoms with Gasteiger partial charge in [-0.2, -0.15) is 0 Å². The number of nitrogens with one attached hydrogen (secondary N) is 1. The smallest absolute Gasteiger partial charge is 0.260 e. The quantitative estimate of drug-likeness (QED) is 0.813. The van der Waals surface area contributed by atoms with Crippen molar-refractivity contribution >= 4 is 5.91 Å². The van der Waals surface area contributed by atoms with Crippen molar-refractivity contribution in [2.45, 2.75) is 45.6 Å². The van der Waals surface area contributed by atoms with Crippen LogP contribution in [0.25, 0.3) is 0 Å². The molecule has 2 aromatic carbocycles. The molecule has 140 valence electrons. The van der Waals surface area contributed by atoms with Crippen LogP contribution >= 0.6 is 0 Å². The molecule has 0 radical (unpaired) electrons. The third kappa shape index (κ3) is 5.80. The van der Waals surface area contributed by atoms with E-state index >= 15 is 0 Å². The van der Waals surface area contributed by atoms with Crippen molar-refractivity contribution in [1.82, 2.24) is 5.32 Å². The molecule has 26 heavy (non-hydrogen) atoms. The Bertz CT molecular complexity index is 700. The van der Waals surface area contributed by atoms with Crippen LogP contribution in [0.3, 0.4) is 0 Å². The van der Waals surface area contributed by atoms with Crippen molar-refractivity contribution in [3.05, 3.63) is 59.7 Å². The van der Waals surface area contributed by atoms with Gasteiger partial charge in [0.05, 0.1) is 7.11 Å². The van der Waals surface area contributed by atoms with E-state index in [1.807, 2.05) is 48.5 Å². The van der Waals surface area contributed by atoms with Gasteiger partial charge in [-0.3, -0.25) is 4.79 Å². The van der Waals surface area contributed by atoms with Crippen molar-refractivity contribution in [3.8, 4) is 11.5 Å². The molecule has 0 heterocycles. The lowest BCUT2D eigenvalue weighted by molar-refractivity contribution is -0.127. The van der Waals surface area contributed by atoms with E-state index in [9.17, 15) is 4.79 Å². The zero-order chi connectivity index (χ0) is 19.2. The molecule has 4 heteroatoms. The topological polar surface area (TPSA) is 47.6 Å². The fourth-order valence-electron chi connectivity index (χ4n) is 2.56. The lowest BCUT2D eigenvalue weighted by Crippen LogP contribution is -2.37. The fourth-order valence-corrected chi connectivity index (χ4v) is 2.56. The van der Waals surface area contributed by atoms with Gasteiger partial charge < -0.3 is 14.8 Å². The normalized spacial score (nSPS) is 12.3. The third-order valence-corrected chi connectivity index (χ3v) is 4.27. The average molecular weight is 355 g/mol. The van der Waals surface area contributed by atoms with Crippen molar-refractivity contribution in [2.24, 2.45) is 0 Å². The Morgan fingerprint density at radius 1 is 1.00 bits per heavy atom. The molecule has 2 aromatic rings. The van der Waals surface area contributed by atoms with Crippen LogP contribution in [-0.2, 0) is 16.6 Å². The van der Waals surface area contributed by atoms with E-state index in [2.05, 4.69) is 26.1 Å². The molecule has 0 aromatic heterocycles. The van der Waals surface area contributed by atoms with Crippen LogP contribution in [0.15, 0.2) is 48.5 Å². The van der Waals surface area contributed by atoms with E-state index in [1.54, 1.807) is 14.0 Å².